The molecule has 3 heterocycles. The summed E-state index contributed by atoms with van der Waals surface area (Å²) in [7, 11) is 0. The number of benzene rings is 1. The number of hydrogen-bond acceptors (Lipinski definition) is 6. The van der Waals surface area contributed by atoms with Crippen LogP contribution >= 0.6 is 0 Å². The van der Waals surface area contributed by atoms with E-state index in [2.05, 4.69) is 9.97 Å². The highest BCUT2D eigenvalue weighted by atomic mass is 16.4. The monoisotopic (exact) mass is 393 g/mol. The second-order valence-corrected chi connectivity index (χ2v) is 6.94. The van der Waals surface area contributed by atoms with Gasteiger partial charge in [-0.05, 0) is 43.2 Å². The van der Waals surface area contributed by atoms with Crippen LogP contribution in [0.4, 0.5) is 0 Å². The largest absolute Gasteiger partial charge is 0.503 e. The Kier molecular flexibility index (Phi) is 3.54. The van der Waals surface area contributed by atoms with E-state index in [1.54, 1.807) is 18.2 Å². The van der Waals surface area contributed by atoms with Crippen molar-refractivity contribution in [2.24, 2.45) is 5.92 Å². The number of ketones is 1. The molecule has 0 bridgehead atoms. The fourth-order valence-electron chi connectivity index (χ4n) is 3.46. The van der Waals surface area contributed by atoms with E-state index in [1.807, 2.05) is 0 Å². The molecule has 1 fully saturated rings. The Hall–Kier alpha value is -4.01. The van der Waals surface area contributed by atoms with Gasteiger partial charge < -0.3 is 24.7 Å². The highest BCUT2D eigenvalue weighted by Gasteiger charge is 2.38. The fraction of sp³-hybridized carbons (Fsp3) is 0.150. The first kappa shape index (κ1) is 17.1. The Morgan fingerprint density at radius 1 is 1.17 bits per heavy atom. The van der Waals surface area contributed by atoms with Gasteiger partial charge in [0, 0.05) is 5.92 Å². The first-order chi connectivity index (χ1) is 14.0. The molecule has 4 aromatic rings. The zero-order valence-electron chi connectivity index (χ0n) is 14.9. The van der Waals surface area contributed by atoms with Gasteiger partial charge in [0.2, 0.25) is 11.6 Å². The zero-order valence-corrected chi connectivity index (χ0v) is 14.9. The lowest BCUT2D eigenvalue weighted by atomic mass is 10.1. The molecule has 0 amide bonds. The fourth-order valence-corrected chi connectivity index (χ4v) is 3.46. The topological polar surface area (TPSA) is 142 Å². The van der Waals surface area contributed by atoms with Crippen LogP contribution in [0.15, 0.2) is 41.1 Å². The molecule has 1 aromatic carbocycles. The number of furan rings is 1. The molecule has 1 saturated carbocycles. The van der Waals surface area contributed by atoms with Gasteiger partial charge in [0.15, 0.2) is 17.3 Å². The second kappa shape index (κ2) is 5.99. The summed E-state index contributed by atoms with van der Waals surface area (Å²) in [4.78, 5) is 31.2. The minimum absolute atomic E-state index is 0.0479. The van der Waals surface area contributed by atoms with E-state index in [0.29, 0.717) is 29.6 Å². The molecular formula is C20H15N3O6. The predicted octanol–water partition coefficient (Wildman–Crippen LogP) is 3.32. The molecule has 0 atom stereocenters. The number of aromatic nitrogens is 3. The van der Waals surface area contributed by atoms with Gasteiger partial charge in [-0.3, -0.25) is 9.36 Å². The van der Waals surface area contributed by atoms with E-state index in [1.165, 1.54) is 23.0 Å². The molecule has 9 heteroatoms. The van der Waals surface area contributed by atoms with Crippen molar-refractivity contribution in [3.63, 3.8) is 0 Å². The minimum Gasteiger partial charge on any atom is -0.503 e. The Bertz CT molecular complexity index is 1290. The lowest BCUT2D eigenvalue weighted by Gasteiger charge is -2.10. The van der Waals surface area contributed by atoms with Gasteiger partial charge in [0.1, 0.15) is 5.69 Å². The number of carbonyl (C=O) groups is 2. The van der Waals surface area contributed by atoms with Crippen LogP contribution in [0.25, 0.3) is 28.2 Å². The van der Waals surface area contributed by atoms with Crippen LogP contribution in [0.2, 0.25) is 0 Å². The number of carboxylic acids is 1. The maximum atomic E-state index is 12.9. The number of hydrogen-bond donors (Lipinski definition) is 4. The number of nitrogens with zero attached hydrogens (tertiary/aromatic N) is 2. The first-order valence-electron chi connectivity index (χ1n) is 8.93. The van der Waals surface area contributed by atoms with Gasteiger partial charge in [-0.15, -0.1) is 0 Å². The van der Waals surface area contributed by atoms with E-state index >= 15 is 0 Å². The normalized spacial score (nSPS) is 13.8. The first-order valence-corrected chi connectivity index (χ1v) is 8.93. The summed E-state index contributed by atoms with van der Waals surface area (Å²) < 4.78 is 6.68. The summed E-state index contributed by atoms with van der Waals surface area (Å²) in [6.07, 6.45) is 2.92. The summed E-state index contributed by atoms with van der Waals surface area (Å²) in [5.41, 5.74) is 1.84. The number of aromatic amines is 1. The van der Waals surface area contributed by atoms with Crippen LogP contribution in [-0.4, -0.2) is 41.6 Å². The standard InChI is InChI=1S/C20H15N3O6/c24-17(9-1-2-9)15-16(13-5-6-14(29-13)20(27)28)23(19(26)18(15)25)10-3-4-11-12(7-10)22-8-21-11/h3-9,25-26H,1-2H2,(H,21,22)(H,27,28). The SMILES string of the molecule is O=C(O)c1ccc(-c2c(C(=O)C3CC3)c(O)c(O)n2-c2ccc3nc[nH]c3c2)o1. The molecule has 4 N–H and O–H groups in total. The van der Waals surface area contributed by atoms with Gasteiger partial charge in [-0.25, -0.2) is 9.78 Å². The van der Waals surface area contributed by atoms with Gasteiger partial charge >= 0.3 is 5.97 Å². The van der Waals surface area contributed by atoms with E-state index in [0.717, 1.165) is 0 Å². The van der Waals surface area contributed by atoms with Crippen molar-refractivity contribution in [1.29, 1.82) is 0 Å². The maximum Gasteiger partial charge on any atom is 0.371 e. The summed E-state index contributed by atoms with van der Waals surface area (Å²) in [6.45, 7) is 0. The summed E-state index contributed by atoms with van der Waals surface area (Å²) in [5.74, 6) is -3.18. The van der Waals surface area contributed by atoms with Gasteiger partial charge in [0.05, 0.1) is 28.6 Å². The quantitative estimate of drug-likeness (QED) is 0.381. The van der Waals surface area contributed by atoms with Crippen LogP contribution < -0.4 is 0 Å². The van der Waals surface area contributed by atoms with Gasteiger partial charge in [-0.1, -0.05) is 0 Å². The molecule has 146 valence electrons. The highest BCUT2D eigenvalue weighted by molar-refractivity contribution is 6.07. The molecule has 0 unspecified atom stereocenters. The zero-order chi connectivity index (χ0) is 20.3. The number of nitrogens with one attached hydrogen (secondary N) is 1. The number of H-pyrrole nitrogens is 1. The molecule has 5 rings (SSSR count). The van der Waals surface area contributed by atoms with E-state index < -0.39 is 17.6 Å². The average molecular weight is 393 g/mol. The van der Waals surface area contributed by atoms with Crippen molar-refractivity contribution in [2.45, 2.75) is 12.8 Å². The van der Waals surface area contributed by atoms with E-state index in [4.69, 9.17) is 4.42 Å². The number of carboxylic acid groups (broad SMARTS) is 1. The average Bonchev–Trinajstić information content (AvgIpc) is 3.14. The lowest BCUT2D eigenvalue weighted by Crippen LogP contribution is -2.04. The van der Waals surface area contributed by atoms with Crippen molar-refractivity contribution in [2.75, 3.05) is 0 Å². The molecule has 29 heavy (non-hydrogen) atoms. The summed E-state index contributed by atoms with van der Waals surface area (Å²) >= 11 is 0. The van der Waals surface area contributed by atoms with Crippen molar-refractivity contribution in [3.05, 3.63) is 48.0 Å². The second-order valence-electron chi connectivity index (χ2n) is 6.94. The van der Waals surface area contributed by atoms with Crippen molar-refractivity contribution >= 4 is 22.8 Å². The maximum absolute atomic E-state index is 12.9. The third-order valence-corrected chi connectivity index (χ3v) is 5.03. The predicted molar refractivity (Wildman–Crippen MR) is 100 cm³/mol. The molecule has 1 aliphatic rings. The van der Waals surface area contributed by atoms with Gasteiger partial charge in [0.25, 0.3) is 0 Å². The minimum atomic E-state index is -1.27. The number of Topliss-reactive ketones (excluding diaryl/α,β-unsaturated/α-hetero) is 1. The molecular weight excluding hydrogens is 378 g/mol. The van der Waals surface area contributed by atoms with E-state index in [9.17, 15) is 24.9 Å². The van der Waals surface area contributed by atoms with Crippen LogP contribution in [0.5, 0.6) is 11.6 Å². The molecule has 0 saturated heterocycles. The Morgan fingerprint density at radius 2 is 1.97 bits per heavy atom. The smallest absolute Gasteiger partial charge is 0.371 e. The number of aromatic carboxylic acids is 1. The lowest BCUT2D eigenvalue weighted by molar-refractivity contribution is 0.0663. The van der Waals surface area contributed by atoms with Crippen LogP contribution in [0.1, 0.15) is 33.8 Å². The number of aromatic hydroxyl groups is 2. The molecule has 0 aliphatic heterocycles. The van der Waals surface area contributed by atoms with E-state index in [-0.39, 0.29) is 34.5 Å². The third-order valence-electron chi connectivity index (χ3n) is 5.03. The number of carbonyl (C=O) groups excluding carboxylic acids is 1. The molecule has 1 aliphatic carbocycles. The van der Waals surface area contributed by atoms with Crippen LogP contribution in [0, 0.1) is 5.92 Å². The van der Waals surface area contributed by atoms with Crippen molar-refractivity contribution < 1.29 is 29.3 Å². The number of rotatable bonds is 5. The van der Waals surface area contributed by atoms with Crippen LogP contribution in [0.3, 0.4) is 0 Å². The Morgan fingerprint density at radius 3 is 2.66 bits per heavy atom. The van der Waals surface area contributed by atoms with Gasteiger partial charge in [-0.2, -0.15) is 0 Å². The Labute approximate surface area is 162 Å². The van der Waals surface area contributed by atoms with Crippen molar-refractivity contribution in [1.82, 2.24) is 14.5 Å². The van der Waals surface area contributed by atoms with Crippen molar-refractivity contribution in [3.8, 4) is 28.8 Å². The molecule has 9 nitrogen and oxygen atoms in total. The summed E-state index contributed by atoms with van der Waals surface area (Å²) in [6, 6.07) is 7.73. The van der Waals surface area contributed by atoms with Crippen LogP contribution in [-0.2, 0) is 0 Å². The summed E-state index contributed by atoms with van der Waals surface area (Å²) in [5, 5.41) is 30.5. The molecule has 3 aromatic heterocycles. The molecule has 0 radical (unpaired) electrons. The number of imidazole rings is 1. The Balaban J connectivity index is 1.79. The number of fused-ring (bicyclic) bond motifs is 1. The highest BCUT2D eigenvalue weighted by Crippen LogP contribution is 2.47. The third kappa shape index (κ3) is 2.59. The molecule has 0 spiro atoms.